The molecule has 6 nitrogen and oxygen atoms in total. The van der Waals surface area contributed by atoms with Crippen LogP contribution < -0.4 is 10.1 Å². The lowest BCUT2D eigenvalue weighted by molar-refractivity contribution is -0.153. The number of halogens is 3. The van der Waals surface area contributed by atoms with Crippen molar-refractivity contribution in [3.8, 4) is 28.7 Å². The van der Waals surface area contributed by atoms with Crippen molar-refractivity contribution in [3.05, 3.63) is 89.5 Å². The smallest absolute Gasteiger partial charge is 0.422 e. The van der Waals surface area contributed by atoms with Gasteiger partial charge in [-0.15, -0.1) is 10.2 Å². The molecule has 0 unspecified atom stereocenters. The molecule has 34 heavy (non-hydrogen) atoms. The number of nitrogens with zero attached hydrogens (tertiary/aromatic N) is 2. The molecule has 0 bridgehead atoms. The van der Waals surface area contributed by atoms with Crippen LogP contribution in [0.5, 0.6) is 5.75 Å². The number of amides is 1. The van der Waals surface area contributed by atoms with Gasteiger partial charge in [0, 0.05) is 23.2 Å². The van der Waals surface area contributed by atoms with Gasteiger partial charge in [-0.05, 0) is 60.5 Å². The number of carbonyl (C=O) groups excluding carboxylic acids is 1. The second-order valence-corrected chi connectivity index (χ2v) is 7.54. The quantitative estimate of drug-likeness (QED) is 0.384. The first-order chi connectivity index (χ1) is 16.3. The number of carbonyl (C=O) groups is 1. The number of rotatable bonds is 7. The third-order valence-corrected chi connectivity index (χ3v) is 4.97. The van der Waals surface area contributed by atoms with Crippen LogP contribution in [0.3, 0.4) is 0 Å². The summed E-state index contributed by atoms with van der Waals surface area (Å²) >= 11 is 0. The fraction of sp³-hybridized carbons (Fsp3) is 0.160. The van der Waals surface area contributed by atoms with Crippen LogP contribution in [0.25, 0.3) is 22.9 Å². The second kappa shape index (κ2) is 9.78. The van der Waals surface area contributed by atoms with Gasteiger partial charge in [0.15, 0.2) is 6.61 Å². The zero-order valence-electron chi connectivity index (χ0n) is 18.1. The predicted molar refractivity (Wildman–Crippen MR) is 119 cm³/mol. The highest BCUT2D eigenvalue weighted by atomic mass is 19.4. The Bertz CT molecular complexity index is 1270. The highest BCUT2D eigenvalue weighted by molar-refractivity contribution is 5.94. The minimum atomic E-state index is -4.39. The normalized spacial score (nSPS) is 11.3. The fourth-order valence-electron chi connectivity index (χ4n) is 3.18. The van der Waals surface area contributed by atoms with Gasteiger partial charge in [0.25, 0.3) is 5.91 Å². The Balaban J connectivity index is 1.34. The summed E-state index contributed by atoms with van der Waals surface area (Å²) in [6, 6.07) is 20.5. The predicted octanol–water partition coefficient (Wildman–Crippen LogP) is 5.58. The summed E-state index contributed by atoms with van der Waals surface area (Å²) < 4.78 is 47.1. The maximum atomic E-state index is 12.5. The summed E-state index contributed by atoms with van der Waals surface area (Å²) in [5, 5.41) is 11.0. The number of benzene rings is 3. The molecule has 0 spiro atoms. The Morgan fingerprint density at radius 1 is 0.941 bits per heavy atom. The van der Waals surface area contributed by atoms with Crippen molar-refractivity contribution in [1.82, 2.24) is 15.5 Å². The van der Waals surface area contributed by atoms with E-state index in [1.54, 1.807) is 36.4 Å². The monoisotopic (exact) mass is 467 g/mol. The van der Waals surface area contributed by atoms with Crippen molar-refractivity contribution < 1.29 is 27.1 Å². The SMILES string of the molecule is Cc1ccccc1-c1nnc(-c2ccc(C(=O)NCc3ccc(OCC(F)(F)F)cc3)cc2)o1. The Morgan fingerprint density at radius 3 is 2.29 bits per heavy atom. The number of hydrogen-bond donors (Lipinski definition) is 1. The molecular formula is C25H20F3N3O3. The molecule has 174 valence electrons. The molecule has 4 aromatic rings. The largest absolute Gasteiger partial charge is 0.484 e. The Kier molecular flexibility index (Phi) is 6.62. The van der Waals surface area contributed by atoms with Crippen LogP contribution in [-0.4, -0.2) is 28.9 Å². The summed E-state index contributed by atoms with van der Waals surface area (Å²) in [7, 11) is 0. The summed E-state index contributed by atoms with van der Waals surface area (Å²) in [6.07, 6.45) is -4.39. The molecule has 0 aliphatic heterocycles. The lowest BCUT2D eigenvalue weighted by Crippen LogP contribution is -2.22. The van der Waals surface area contributed by atoms with Gasteiger partial charge >= 0.3 is 6.18 Å². The third kappa shape index (κ3) is 5.80. The molecular weight excluding hydrogens is 447 g/mol. The van der Waals surface area contributed by atoms with Gasteiger partial charge < -0.3 is 14.5 Å². The molecule has 0 saturated carbocycles. The number of alkyl halides is 3. The van der Waals surface area contributed by atoms with E-state index in [1.807, 2.05) is 31.2 Å². The van der Waals surface area contributed by atoms with E-state index < -0.39 is 12.8 Å². The summed E-state index contributed by atoms with van der Waals surface area (Å²) in [5.74, 6) is 0.576. The number of aromatic nitrogens is 2. The van der Waals surface area contributed by atoms with Crippen molar-refractivity contribution in [2.24, 2.45) is 0 Å². The van der Waals surface area contributed by atoms with Crippen molar-refractivity contribution in [2.75, 3.05) is 6.61 Å². The summed E-state index contributed by atoms with van der Waals surface area (Å²) in [6.45, 7) is 0.822. The molecule has 3 aromatic carbocycles. The van der Waals surface area contributed by atoms with Gasteiger partial charge in [0.2, 0.25) is 11.8 Å². The van der Waals surface area contributed by atoms with E-state index in [-0.39, 0.29) is 18.2 Å². The fourth-order valence-corrected chi connectivity index (χ4v) is 3.18. The van der Waals surface area contributed by atoms with Crippen molar-refractivity contribution in [2.45, 2.75) is 19.6 Å². The standard InChI is InChI=1S/C25H20F3N3O3/c1-16-4-2-3-5-21(16)24-31-30-23(34-24)19-10-8-18(9-11-19)22(32)29-14-17-6-12-20(13-7-17)33-15-25(26,27)28/h2-13H,14-15H2,1H3,(H,29,32). The maximum absolute atomic E-state index is 12.5. The first-order valence-electron chi connectivity index (χ1n) is 10.4. The van der Waals surface area contributed by atoms with Gasteiger partial charge in [0.05, 0.1) is 0 Å². The lowest BCUT2D eigenvalue weighted by atomic mass is 10.1. The second-order valence-electron chi connectivity index (χ2n) is 7.54. The molecule has 0 saturated heterocycles. The van der Waals surface area contributed by atoms with Crippen LogP contribution in [-0.2, 0) is 6.54 Å². The van der Waals surface area contributed by atoms with E-state index >= 15 is 0 Å². The molecule has 1 N–H and O–H groups in total. The van der Waals surface area contributed by atoms with Gasteiger partial charge in [0.1, 0.15) is 5.75 Å². The molecule has 1 amide bonds. The van der Waals surface area contributed by atoms with Crippen LogP contribution in [0, 0.1) is 6.92 Å². The van der Waals surface area contributed by atoms with Gasteiger partial charge in [-0.25, -0.2) is 0 Å². The van der Waals surface area contributed by atoms with E-state index in [4.69, 9.17) is 4.42 Å². The zero-order valence-corrected chi connectivity index (χ0v) is 18.1. The van der Waals surface area contributed by atoms with Gasteiger partial charge in [-0.1, -0.05) is 30.3 Å². The van der Waals surface area contributed by atoms with E-state index in [0.717, 1.165) is 16.7 Å². The van der Waals surface area contributed by atoms with Crippen LogP contribution in [0.2, 0.25) is 0 Å². The molecule has 0 aliphatic carbocycles. The molecule has 1 heterocycles. The average Bonchev–Trinajstić information content (AvgIpc) is 3.32. The molecule has 0 radical (unpaired) electrons. The molecule has 0 aliphatic rings. The van der Waals surface area contributed by atoms with E-state index in [9.17, 15) is 18.0 Å². The Morgan fingerprint density at radius 2 is 1.62 bits per heavy atom. The van der Waals surface area contributed by atoms with E-state index in [2.05, 4.69) is 20.3 Å². The minimum Gasteiger partial charge on any atom is -0.484 e. The number of hydrogen-bond acceptors (Lipinski definition) is 5. The highest BCUT2D eigenvalue weighted by Crippen LogP contribution is 2.26. The summed E-state index contributed by atoms with van der Waals surface area (Å²) in [4.78, 5) is 12.5. The van der Waals surface area contributed by atoms with Gasteiger partial charge in [-0.3, -0.25) is 4.79 Å². The van der Waals surface area contributed by atoms with Crippen molar-refractivity contribution in [1.29, 1.82) is 0 Å². The molecule has 1 aromatic heterocycles. The average molecular weight is 467 g/mol. The first-order valence-corrected chi connectivity index (χ1v) is 10.4. The first kappa shape index (κ1) is 23.0. The van der Waals surface area contributed by atoms with Crippen molar-refractivity contribution in [3.63, 3.8) is 0 Å². The highest BCUT2D eigenvalue weighted by Gasteiger charge is 2.28. The number of ether oxygens (including phenoxy) is 1. The minimum absolute atomic E-state index is 0.106. The topological polar surface area (TPSA) is 77.2 Å². The van der Waals surface area contributed by atoms with Crippen LogP contribution in [0.15, 0.2) is 77.2 Å². The van der Waals surface area contributed by atoms with Crippen LogP contribution in [0.4, 0.5) is 13.2 Å². The Hall–Kier alpha value is -4.14. The number of aryl methyl sites for hydroxylation is 1. The van der Waals surface area contributed by atoms with Crippen molar-refractivity contribution >= 4 is 5.91 Å². The molecule has 0 atom stereocenters. The van der Waals surface area contributed by atoms with E-state index in [0.29, 0.717) is 22.9 Å². The molecule has 4 rings (SSSR count). The molecule has 0 fully saturated rings. The third-order valence-electron chi connectivity index (χ3n) is 4.97. The van der Waals surface area contributed by atoms with Crippen LogP contribution in [0.1, 0.15) is 21.5 Å². The Labute approximate surface area is 193 Å². The van der Waals surface area contributed by atoms with E-state index in [1.165, 1.54) is 12.1 Å². The maximum Gasteiger partial charge on any atom is 0.422 e. The van der Waals surface area contributed by atoms with Gasteiger partial charge in [-0.2, -0.15) is 13.2 Å². The lowest BCUT2D eigenvalue weighted by Gasteiger charge is -2.10. The summed E-state index contributed by atoms with van der Waals surface area (Å²) in [5.41, 5.74) is 3.72. The number of nitrogens with one attached hydrogen (secondary N) is 1. The van der Waals surface area contributed by atoms with Crippen LogP contribution >= 0.6 is 0 Å². The molecule has 9 heteroatoms. The zero-order chi connectivity index (χ0) is 24.1.